The SMILES string of the molecule is Nc1ccc(C2CCN(c3cn[nH]c3)CC2)cc1. The highest BCUT2D eigenvalue weighted by Crippen LogP contribution is 2.30. The Morgan fingerprint density at radius 3 is 2.50 bits per heavy atom. The maximum absolute atomic E-state index is 5.72. The highest BCUT2D eigenvalue weighted by atomic mass is 15.2. The van der Waals surface area contributed by atoms with E-state index in [1.165, 1.54) is 24.1 Å². The number of rotatable bonds is 2. The van der Waals surface area contributed by atoms with Gasteiger partial charge < -0.3 is 10.6 Å². The molecule has 0 unspecified atom stereocenters. The smallest absolute Gasteiger partial charge is 0.0749 e. The highest BCUT2D eigenvalue weighted by Gasteiger charge is 2.20. The molecule has 1 aliphatic rings. The molecule has 2 heterocycles. The van der Waals surface area contributed by atoms with Crippen LogP contribution in [0.15, 0.2) is 36.7 Å². The fraction of sp³-hybridized carbons (Fsp3) is 0.357. The lowest BCUT2D eigenvalue weighted by molar-refractivity contribution is 0.505. The predicted octanol–water partition coefficient (Wildman–Crippen LogP) is 2.38. The first-order chi connectivity index (χ1) is 8.83. The molecule has 0 aliphatic carbocycles. The molecule has 1 saturated heterocycles. The number of anilines is 2. The van der Waals surface area contributed by atoms with E-state index in [1.54, 1.807) is 0 Å². The number of nitrogen functional groups attached to an aromatic ring is 1. The van der Waals surface area contributed by atoms with Crippen molar-refractivity contribution in [1.29, 1.82) is 0 Å². The molecule has 3 N–H and O–H groups in total. The molecule has 0 amide bonds. The molecule has 1 fully saturated rings. The molecule has 0 bridgehead atoms. The number of nitrogens with zero attached hydrogens (tertiary/aromatic N) is 2. The Morgan fingerprint density at radius 2 is 1.89 bits per heavy atom. The summed E-state index contributed by atoms with van der Waals surface area (Å²) >= 11 is 0. The standard InChI is InChI=1S/C14H18N4/c15-13-3-1-11(2-4-13)12-5-7-18(8-6-12)14-9-16-17-10-14/h1-4,9-10,12H,5-8,15H2,(H,16,17). The summed E-state index contributed by atoms with van der Waals surface area (Å²) in [5, 5.41) is 6.87. The van der Waals surface area contributed by atoms with Crippen LogP contribution in [0.25, 0.3) is 0 Å². The van der Waals surface area contributed by atoms with E-state index in [9.17, 15) is 0 Å². The molecule has 2 aromatic rings. The molecule has 3 rings (SSSR count). The molecule has 1 aromatic carbocycles. The van der Waals surface area contributed by atoms with Gasteiger partial charge in [-0.3, -0.25) is 5.10 Å². The van der Waals surface area contributed by atoms with Gasteiger partial charge in [-0.1, -0.05) is 12.1 Å². The van der Waals surface area contributed by atoms with E-state index in [0.717, 1.165) is 18.8 Å². The molecule has 94 valence electrons. The Morgan fingerprint density at radius 1 is 1.17 bits per heavy atom. The fourth-order valence-corrected chi connectivity index (χ4v) is 2.66. The molecule has 18 heavy (non-hydrogen) atoms. The van der Waals surface area contributed by atoms with Crippen molar-refractivity contribution in [2.75, 3.05) is 23.7 Å². The quantitative estimate of drug-likeness (QED) is 0.795. The number of nitrogens with two attached hydrogens (primary N) is 1. The summed E-state index contributed by atoms with van der Waals surface area (Å²) in [6.07, 6.45) is 6.23. The average molecular weight is 242 g/mol. The van der Waals surface area contributed by atoms with Crippen molar-refractivity contribution in [3.05, 3.63) is 42.2 Å². The molecule has 0 radical (unpaired) electrons. The summed E-state index contributed by atoms with van der Waals surface area (Å²) < 4.78 is 0. The third-order valence-corrected chi connectivity index (χ3v) is 3.75. The first kappa shape index (κ1) is 11.1. The van der Waals surface area contributed by atoms with Crippen LogP contribution >= 0.6 is 0 Å². The van der Waals surface area contributed by atoms with Crippen LogP contribution in [0.4, 0.5) is 11.4 Å². The second kappa shape index (κ2) is 4.72. The summed E-state index contributed by atoms with van der Waals surface area (Å²) in [7, 11) is 0. The van der Waals surface area contributed by atoms with Crippen molar-refractivity contribution in [3.8, 4) is 0 Å². The number of nitrogens with one attached hydrogen (secondary N) is 1. The molecule has 0 saturated carbocycles. The van der Waals surface area contributed by atoms with Gasteiger partial charge in [-0.05, 0) is 36.5 Å². The normalized spacial score (nSPS) is 17.0. The van der Waals surface area contributed by atoms with Gasteiger partial charge in [-0.15, -0.1) is 0 Å². The van der Waals surface area contributed by atoms with Crippen molar-refractivity contribution >= 4 is 11.4 Å². The van der Waals surface area contributed by atoms with Gasteiger partial charge in [0.15, 0.2) is 0 Å². The van der Waals surface area contributed by atoms with E-state index in [0.29, 0.717) is 5.92 Å². The summed E-state index contributed by atoms with van der Waals surface area (Å²) in [6, 6.07) is 8.32. The fourth-order valence-electron chi connectivity index (χ4n) is 2.66. The molecule has 1 aromatic heterocycles. The monoisotopic (exact) mass is 242 g/mol. The number of benzene rings is 1. The van der Waals surface area contributed by atoms with E-state index >= 15 is 0 Å². The largest absolute Gasteiger partial charge is 0.399 e. The number of aromatic nitrogens is 2. The molecule has 4 heteroatoms. The number of H-pyrrole nitrogens is 1. The summed E-state index contributed by atoms with van der Waals surface area (Å²) in [5.74, 6) is 0.661. The molecule has 1 aliphatic heterocycles. The minimum Gasteiger partial charge on any atom is -0.399 e. The number of hydrogen-bond donors (Lipinski definition) is 2. The van der Waals surface area contributed by atoms with Crippen LogP contribution < -0.4 is 10.6 Å². The minimum atomic E-state index is 0.661. The summed E-state index contributed by atoms with van der Waals surface area (Å²) in [6.45, 7) is 2.18. The van der Waals surface area contributed by atoms with Gasteiger partial charge in [-0.25, -0.2) is 0 Å². The van der Waals surface area contributed by atoms with Crippen LogP contribution in [0.5, 0.6) is 0 Å². The van der Waals surface area contributed by atoms with Crippen LogP contribution in [0.3, 0.4) is 0 Å². The van der Waals surface area contributed by atoms with E-state index < -0.39 is 0 Å². The zero-order valence-electron chi connectivity index (χ0n) is 10.3. The van der Waals surface area contributed by atoms with Crippen molar-refractivity contribution in [2.45, 2.75) is 18.8 Å². The molecule has 4 nitrogen and oxygen atoms in total. The van der Waals surface area contributed by atoms with Gasteiger partial charge in [0.2, 0.25) is 0 Å². The Hall–Kier alpha value is -1.97. The van der Waals surface area contributed by atoms with E-state index in [1.807, 2.05) is 24.5 Å². The number of aromatic amines is 1. The van der Waals surface area contributed by atoms with Crippen molar-refractivity contribution in [2.24, 2.45) is 0 Å². The number of hydrogen-bond acceptors (Lipinski definition) is 3. The molecule has 0 spiro atoms. The van der Waals surface area contributed by atoms with Crippen LogP contribution in [-0.4, -0.2) is 23.3 Å². The first-order valence-corrected chi connectivity index (χ1v) is 6.42. The Bertz CT molecular complexity index is 481. The highest BCUT2D eigenvalue weighted by molar-refractivity contribution is 5.44. The first-order valence-electron chi connectivity index (χ1n) is 6.42. The van der Waals surface area contributed by atoms with Gasteiger partial charge in [-0.2, -0.15) is 5.10 Å². The van der Waals surface area contributed by atoms with Crippen molar-refractivity contribution < 1.29 is 0 Å². The van der Waals surface area contributed by atoms with Gasteiger partial charge >= 0.3 is 0 Å². The second-order valence-corrected chi connectivity index (χ2v) is 4.88. The zero-order valence-corrected chi connectivity index (χ0v) is 10.3. The number of piperidine rings is 1. The van der Waals surface area contributed by atoms with Gasteiger partial charge in [0.25, 0.3) is 0 Å². The molecule has 0 atom stereocenters. The van der Waals surface area contributed by atoms with Crippen molar-refractivity contribution in [3.63, 3.8) is 0 Å². The Labute approximate surface area is 107 Å². The summed E-state index contributed by atoms with van der Waals surface area (Å²) in [4.78, 5) is 2.39. The van der Waals surface area contributed by atoms with E-state index in [4.69, 9.17) is 5.73 Å². The summed E-state index contributed by atoms with van der Waals surface area (Å²) in [5.41, 5.74) is 9.18. The zero-order chi connectivity index (χ0) is 12.4. The van der Waals surface area contributed by atoms with E-state index in [2.05, 4.69) is 27.2 Å². The third-order valence-electron chi connectivity index (χ3n) is 3.75. The van der Waals surface area contributed by atoms with Gasteiger partial charge in [0.05, 0.1) is 11.9 Å². The lowest BCUT2D eigenvalue weighted by Crippen LogP contribution is -2.32. The van der Waals surface area contributed by atoms with Gasteiger partial charge in [0.1, 0.15) is 0 Å². The van der Waals surface area contributed by atoms with Crippen LogP contribution in [0.1, 0.15) is 24.3 Å². The maximum atomic E-state index is 5.72. The molecular weight excluding hydrogens is 224 g/mol. The third kappa shape index (κ3) is 2.18. The van der Waals surface area contributed by atoms with Gasteiger partial charge in [0, 0.05) is 25.0 Å². The van der Waals surface area contributed by atoms with E-state index in [-0.39, 0.29) is 0 Å². The predicted molar refractivity (Wildman–Crippen MR) is 73.6 cm³/mol. The lowest BCUT2D eigenvalue weighted by atomic mass is 9.89. The van der Waals surface area contributed by atoms with Crippen LogP contribution in [0, 0.1) is 0 Å². The van der Waals surface area contributed by atoms with Crippen molar-refractivity contribution in [1.82, 2.24) is 10.2 Å². The topological polar surface area (TPSA) is 57.9 Å². The average Bonchev–Trinajstić information content (AvgIpc) is 2.94. The minimum absolute atomic E-state index is 0.661. The van der Waals surface area contributed by atoms with Crippen LogP contribution in [-0.2, 0) is 0 Å². The molecular formula is C14H18N4. The Balaban J connectivity index is 1.65. The lowest BCUT2D eigenvalue weighted by Gasteiger charge is -2.32. The second-order valence-electron chi connectivity index (χ2n) is 4.88. The maximum Gasteiger partial charge on any atom is 0.0749 e. The van der Waals surface area contributed by atoms with Crippen LogP contribution in [0.2, 0.25) is 0 Å². The Kier molecular flexibility index (Phi) is 2.92.